The number of nitrogens with one attached hydrogen (secondary N) is 1. The third kappa shape index (κ3) is 7.44. The largest absolute Gasteiger partial charge is 0.482 e. The van der Waals surface area contributed by atoms with Gasteiger partial charge in [-0.3, -0.25) is 9.59 Å². The lowest BCUT2D eigenvalue weighted by Crippen LogP contribution is -2.24. The normalized spacial score (nSPS) is 10.6. The van der Waals surface area contributed by atoms with Crippen LogP contribution in [0.5, 0.6) is 11.5 Å². The predicted molar refractivity (Wildman–Crippen MR) is 120 cm³/mol. The van der Waals surface area contributed by atoms with Crippen LogP contribution in [-0.4, -0.2) is 24.7 Å². The van der Waals surface area contributed by atoms with Gasteiger partial charge in [-0.2, -0.15) is 5.10 Å². The number of hydrazone groups is 1. The molecule has 1 amide bonds. The zero-order valence-corrected chi connectivity index (χ0v) is 17.8. The summed E-state index contributed by atoms with van der Waals surface area (Å²) in [5, 5.41) is 4.66. The van der Waals surface area contributed by atoms with E-state index >= 15 is 0 Å². The Kier molecular flexibility index (Phi) is 8.04. The van der Waals surface area contributed by atoms with Gasteiger partial charge < -0.3 is 9.47 Å². The second kappa shape index (κ2) is 11.2. The summed E-state index contributed by atoms with van der Waals surface area (Å²) in [5.41, 5.74) is 3.95. The molecule has 0 saturated carbocycles. The van der Waals surface area contributed by atoms with Gasteiger partial charge in [-0.1, -0.05) is 53.5 Å². The van der Waals surface area contributed by atoms with Crippen molar-refractivity contribution in [1.29, 1.82) is 0 Å². The van der Waals surface area contributed by atoms with Crippen molar-refractivity contribution in [2.45, 2.75) is 6.42 Å². The molecule has 0 fully saturated rings. The lowest BCUT2D eigenvalue weighted by molar-refractivity contribution is -0.133. The molecular formula is C23H18Cl2N2O4. The number of amides is 1. The van der Waals surface area contributed by atoms with Crippen LogP contribution in [0, 0.1) is 0 Å². The molecule has 0 aromatic heterocycles. The SMILES string of the molecule is O=C(COc1ccc(Cl)cc1Cl)NN=Cc1ccc(OC(=O)Cc2ccccc2)cc1. The average Bonchev–Trinajstić information content (AvgIpc) is 2.75. The van der Waals surface area contributed by atoms with Crippen molar-refractivity contribution in [3.63, 3.8) is 0 Å². The van der Waals surface area contributed by atoms with E-state index in [1.54, 1.807) is 36.4 Å². The van der Waals surface area contributed by atoms with E-state index in [2.05, 4.69) is 10.5 Å². The lowest BCUT2D eigenvalue weighted by Gasteiger charge is -2.07. The van der Waals surface area contributed by atoms with E-state index in [1.807, 2.05) is 30.3 Å². The summed E-state index contributed by atoms with van der Waals surface area (Å²) in [7, 11) is 0. The maximum Gasteiger partial charge on any atom is 0.315 e. The maximum atomic E-state index is 12.0. The topological polar surface area (TPSA) is 77.0 Å². The summed E-state index contributed by atoms with van der Waals surface area (Å²) in [4.78, 5) is 23.8. The first-order valence-corrected chi connectivity index (χ1v) is 9.99. The van der Waals surface area contributed by atoms with Gasteiger partial charge in [0.2, 0.25) is 0 Å². The molecule has 31 heavy (non-hydrogen) atoms. The number of nitrogens with zero attached hydrogens (tertiary/aromatic N) is 1. The smallest absolute Gasteiger partial charge is 0.315 e. The second-order valence-electron chi connectivity index (χ2n) is 6.36. The molecule has 0 aliphatic carbocycles. The van der Waals surface area contributed by atoms with Crippen molar-refractivity contribution < 1.29 is 19.1 Å². The fourth-order valence-electron chi connectivity index (χ4n) is 2.50. The van der Waals surface area contributed by atoms with E-state index in [0.717, 1.165) is 5.56 Å². The third-order valence-corrected chi connectivity index (χ3v) is 4.49. The Balaban J connectivity index is 1.43. The second-order valence-corrected chi connectivity index (χ2v) is 7.21. The molecular weight excluding hydrogens is 439 g/mol. The number of esters is 1. The maximum absolute atomic E-state index is 12.0. The first-order valence-electron chi connectivity index (χ1n) is 9.24. The van der Waals surface area contributed by atoms with Gasteiger partial charge in [-0.05, 0) is 53.6 Å². The number of carbonyl (C=O) groups excluding carboxylic acids is 2. The van der Waals surface area contributed by atoms with Gasteiger partial charge in [0.15, 0.2) is 6.61 Å². The predicted octanol–water partition coefficient (Wildman–Crippen LogP) is 4.67. The van der Waals surface area contributed by atoms with Crippen molar-refractivity contribution in [2.24, 2.45) is 5.10 Å². The van der Waals surface area contributed by atoms with Gasteiger partial charge >= 0.3 is 5.97 Å². The van der Waals surface area contributed by atoms with Gasteiger partial charge in [0.25, 0.3) is 5.91 Å². The molecule has 0 bridgehead atoms. The van der Waals surface area contributed by atoms with Crippen molar-refractivity contribution in [1.82, 2.24) is 5.43 Å². The molecule has 0 heterocycles. The monoisotopic (exact) mass is 456 g/mol. The van der Waals surface area contributed by atoms with E-state index in [9.17, 15) is 9.59 Å². The van der Waals surface area contributed by atoms with Crippen LogP contribution in [0.2, 0.25) is 10.0 Å². The summed E-state index contributed by atoms with van der Waals surface area (Å²) in [6.07, 6.45) is 1.65. The van der Waals surface area contributed by atoms with Gasteiger partial charge in [0, 0.05) is 5.02 Å². The highest BCUT2D eigenvalue weighted by Crippen LogP contribution is 2.27. The minimum Gasteiger partial charge on any atom is -0.482 e. The fourth-order valence-corrected chi connectivity index (χ4v) is 2.96. The molecule has 0 atom stereocenters. The van der Waals surface area contributed by atoms with E-state index in [0.29, 0.717) is 27.1 Å². The van der Waals surface area contributed by atoms with E-state index in [4.69, 9.17) is 32.7 Å². The Labute approximate surface area is 189 Å². The molecule has 1 N–H and O–H groups in total. The molecule has 0 spiro atoms. The summed E-state index contributed by atoms with van der Waals surface area (Å²) in [6, 6.07) is 20.8. The highest BCUT2D eigenvalue weighted by molar-refractivity contribution is 6.35. The first kappa shape index (κ1) is 22.3. The van der Waals surface area contributed by atoms with Crippen LogP contribution in [0.1, 0.15) is 11.1 Å². The standard InChI is InChI=1S/C23H18Cl2N2O4/c24-18-8-11-21(20(25)13-18)30-15-22(28)27-26-14-17-6-9-19(10-7-17)31-23(29)12-16-4-2-1-3-5-16/h1-11,13-14H,12,15H2,(H,27,28). The Hall–Kier alpha value is -3.35. The molecule has 3 rings (SSSR count). The minimum atomic E-state index is -0.450. The van der Waals surface area contributed by atoms with E-state index in [-0.39, 0.29) is 19.0 Å². The molecule has 0 aliphatic heterocycles. The van der Waals surface area contributed by atoms with Crippen molar-refractivity contribution >= 4 is 41.3 Å². The van der Waals surface area contributed by atoms with E-state index in [1.165, 1.54) is 12.3 Å². The zero-order valence-electron chi connectivity index (χ0n) is 16.3. The van der Waals surface area contributed by atoms with Crippen LogP contribution in [0.3, 0.4) is 0 Å². The fraction of sp³-hybridized carbons (Fsp3) is 0.0870. The molecule has 0 saturated heterocycles. The van der Waals surface area contributed by atoms with Crippen LogP contribution in [0.25, 0.3) is 0 Å². The zero-order chi connectivity index (χ0) is 22.1. The summed E-state index contributed by atoms with van der Waals surface area (Å²) >= 11 is 11.8. The van der Waals surface area contributed by atoms with Crippen molar-refractivity contribution in [3.05, 3.63) is 94.0 Å². The molecule has 8 heteroatoms. The van der Waals surface area contributed by atoms with Crippen LogP contribution >= 0.6 is 23.2 Å². The molecule has 158 valence electrons. The van der Waals surface area contributed by atoms with Gasteiger partial charge in [-0.15, -0.1) is 0 Å². The first-order chi connectivity index (χ1) is 15.0. The minimum absolute atomic E-state index is 0.194. The lowest BCUT2D eigenvalue weighted by atomic mass is 10.1. The molecule has 3 aromatic rings. The number of ether oxygens (including phenoxy) is 2. The van der Waals surface area contributed by atoms with Gasteiger partial charge in [0.05, 0.1) is 17.7 Å². The number of benzene rings is 3. The van der Waals surface area contributed by atoms with Crippen LogP contribution in [0.15, 0.2) is 77.9 Å². The summed E-state index contributed by atoms with van der Waals surface area (Å²) in [6.45, 7) is -0.255. The van der Waals surface area contributed by atoms with Crippen LogP contribution in [-0.2, 0) is 16.0 Å². The van der Waals surface area contributed by atoms with Crippen molar-refractivity contribution in [2.75, 3.05) is 6.61 Å². The van der Waals surface area contributed by atoms with Gasteiger partial charge in [0.1, 0.15) is 11.5 Å². The number of carbonyl (C=O) groups is 2. The van der Waals surface area contributed by atoms with Gasteiger partial charge in [-0.25, -0.2) is 5.43 Å². The number of hydrogen-bond donors (Lipinski definition) is 1. The molecule has 0 radical (unpaired) electrons. The van der Waals surface area contributed by atoms with E-state index < -0.39 is 5.91 Å². The Morgan fingerprint density at radius 2 is 1.71 bits per heavy atom. The van der Waals surface area contributed by atoms with Crippen LogP contribution < -0.4 is 14.9 Å². The third-order valence-electron chi connectivity index (χ3n) is 3.96. The Morgan fingerprint density at radius 3 is 2.42 bits per heavy atom. The highest BCUT2D eigenvalue weighted by atomic mass is 35.5. The Morgan fingerprint density at radius 1 is 0.968 bits per heavy atom. The molecule has 6 nitrogen and oxygen atoms in total. The van der Waals surface area contributed by atoms with Crippen molar-refractivity contribution in [3.8, 4) is 11.5 Å². The Bertz CT molecular complexity index is 1070. The number of halogens is 2. The van der Waals surface area contributed by atoms with Crippen LogP contribution in [0.4, 0.5) is 0 Å². The summed E-state index contributed by atoms with van der Waals surface area (Å²) in [5.74, 6) is -0.0210. The average molecular weight is 457 g/mol. The number of rotatable bonds is 8. The quantitative estimate of drug-likeness (QED) is 0.231. The molecule has 0 aliphatic rings. The number of hydrogen-bond acceptors (Lipinski definition) is 5. The molecule has 3 aromatic carbocycles. The highest BCUT2D eigenvalue weighted by Gasteiger charge is 2.07. The molecule has 0 unspecified atom stereocenters. The summed E-state index contributed by atoms with van der Waals surface area (Å²) < 4.78 is 10.6.